The number of halogens is 1. The Hall–Kier alpha value is -0.810. The Morgan fingerprint density at radius 1 is 1.73 bits per heavy atom. The van der Waals surface area contributed by atoms with Crippen molar-refractivity contribution in [3.05, 3.63) is 28.5 Å². The van der Waals surface area contributed by atoms with Crippen LogP contribution in [0.3, 0.4) is 0 Å². The van der Waals surface area contributed by atoms with Crippen molar-refractivity contribution in [3.63, 3.8) is 0 Å². The predicted octanol–water partition coefficient (Wildman–Crippen LogP) is 2.58. The van der Waals surface area contributed by atoms with Crippen LogP contribution in [0.25, 0.3) is 0 Å². The molecule has 1 aromatic heterocycles. The van der Waals surface area contributed by atoms with Gasteiger partial charge in [0.1, 0.15) is 4.60 Å². The molecule has 2 heteroatoms. The van der Waals surface area contributed by atoms with Gasteiger partial charge in [-0.05, 0) is 34.5 Å². The zero-order chi connectivity index (χ0) is 8.27. The van der Waals surface area contributed by atoms with Crippen molar-refractivity contribution in [2.24, 2.45) is 0 Å². The largest absolute Gasteiger partial charge is 0.249 e. The third-order valence-corrected chi connectivity index (χ3v) is 2.17. The predicted molar refractivity (Wildman–Crippen MR) is 49.2 cm³/mol. The first-order valence-electron chi connectivity index (χ1n) is 3.32. The Balaban J connectivity index is 3.05. The van der Waals surface area contributed by atoms with E-state index in [0.717, 1.165) is 10.2 Å². The van der Waals surface area contributed by atoms with E-state index in [1.807, 2.05) is 19.1 Å². The average molecular weight is 210 g/mol. The third kappa shape index (κ3) is 1.81. The standard InChI is InChI=1S/C9H8BrN/c1-3-7(2)8-5-4-6-11-9(8)10/h1,4-7H,2H3. The highest BCUT2D eigenvalue weighted by atomic mass is 79.9. The summed E-state index contributed by atoms with van der Waals surface area (Å²) < 4.78 is 0.838. The molecule has 56 valence electrons. The van der Waals surface area contributed by atoms with E-state index in [9.17, 15) is 0 Å². The van der Waals surface area contributed by atoms with E-state index in [4.69, 9.17) is 6.42 Å². The molecule has 0 saturated heterocycles. The number of nitrogens with zero attached hydrogens (tertiary/aromatic N) is 1. The Morgan fingerprint density at radius 3 is 3.00 bits per heavy atom. The summed E-state index contributed by atoms with van der Waals surface area (Å²) in [5.74, 6) is 2.78. The van der Waals surface area contributed by atoms with E-state index in [1.54, 1.807) is 6.20 Å². The van der Waals surface area contributed by atoms with Crippen LogP contribution in [0.5, 0.6) is 0 Å². The van der Waals surface area contributed by atoms with Crippen LogP contribution in [0, 0.1) is 12.3 Å². The highest BCUT2D eigenvalue weighted by molar-refractivity contribution is 9.10. The quantitative estimate of drug-likeness (QED) is 0.512. The van der Waals surface area contributed by atoms with Crippen LogP contribution >= 0.6 is 15.9 Å². The van der Waals surface area contributed by atoms with Crippen LogP contribution in [0.2, 0.25) is 0 Å². The molecule has 0 radical (unpaired) electrons. The fourth-order valence-corrected chi connectivity index (χ4v) is 1.41. The Labute approximate surface area is 75.0 Å². The Morgan fingerprint density at radius 2 is 2.45 bits per heavy atom. The minimum Gasteiger partial charge on any atom is -0.249 e. The summed E-state index contributed by atoms with van der Waals surface area (Å²) in [7, 11) is 0. The fraction of sp³-hybridized carbons (Fsp3) is 0.222. The van der Waals surface area contributed by atoms with Crippen molar-refractivity contribution in [3.8, 4) is 12.3 Å². The lowest BCUT2D eigenvalue weighted by atomic mass is 10.1. The van der Waals surface area contributed by atoms with Crippen molar-refractivity contribution < 1.29 is 0 Å². The van der Waals surface area contributed by atoms with E-state index < -0.39 is 0 Å². The zero-order valence-electron chi connectivity index (χ0n) is 6.21. The third-order valence-electron chi connectivity index (χ3n) is 1.50. The summed E-state index contributed by atoms with van der Waals surface area (Å²) in [6, 6.07) is 3.86. The minimum atomic E-state index is 0.123. The first-order chi connectivity index (χ1) is 5.25. The van der Waals surface area contributed by atoms with Crippen LogP contribution in [0.1, 0.15) is 18.4 Å². The Kier molecular flexibility index (Phi) is 2.67. The molecule has 0 aliphatic heterocycles. The van der Waals surface area contributed by atoms with Gasteiger partial charge >= 0.3 is 0 Å². The number of hydrogen-bond donors (Lipinski definition) is 0. The molecule has 1 aromatic rings. The molecule has 11 heavy (non-hydrogen) atoms. The monoisotopic (exact) mass is 209 g/mol. The van der Waals surface area contributed by atoms with Gasteiger partial charge < -0.3 is 0 Å². The van der Waals surface area contributed by atoms with Gasteiger partial charge in [0.15, 0.2) is 0 Å². The minimum absolute atomic E-state index is 0.123. The Bertz CT molecular complexity index is 288. The van der Waals surface area contributed by atoms with Crippen molar-refractivity contribution in [2.45, 2.75) is 12.8 Å². The molecule has 0 N–H and O–H groups in total. The number of terminal acetylenes is 1. The second-order valence-corrected chi connectivity index (χ2v) is 3.02. The summed E-state index contributed by atoms with van der Waals surface area (Å²) in [6.45, 7) is 1.97. The maximum atomic E-state index is 5.27. The van der Waals surface area contributed by atoms with E-state index in [2.05, 4.69) is 26.8 Å². The molecule has 0 saturated carbocycles. The van der Waals surface area contributed by atoms with Crippen molar-refractivity contribution >= 4 is 15.9 Å². The lowest BCUT2D eigenvalue weighted by molar-refractivity contribution is 0.973. The van der Waals surface area contributed by atoms with E-state index >= 15 is 0 Å². The molecule has 0 aliphatic rings. The first-order valence-corrected chi connectivity index (χ1v) is 4.11. The summed E-state index contributed by atoms with van der Waals surface area (Å²) in [4.78, 5) is 4.07. The molecule has 0 bridgehead atoms. The van der Waals surface area contributed by atoms with Gasteiger partial charge in [-0.3, -0.25) is 0 Å². The van der Waals surface area contributed by atoms with Gasteiger partial charge in [-0.2, -0.15) is 0 Å². The number of rotatable bonds is 1. The van der Waals surface area contributed by atoms with Crippen LogP contribution < -0.4 is 0 Å². The van der Waals surface area contributed by atoms with Crippen LogP contribution in [-0.2, 0) is 0 Å². The van der Waals surface area contributed by atoms with E-state index in [1.165, 1.54) is 0 Å². The number of hydrogen-bond acceptors (Lipinski definition) is 1. The molecular formula is C9H8BrN. The molecule has 1 unspecified atom stereocenters. The zero-order valence-corrected chi connectivity index (χ0v) is 7.80. The SMILES string of the molecule is C#CC(C)c1cccnc1Br. The maximum absolute atomic E-state index is 5.27. The molecule has 0 aliphatic carbocycles. The van der Waals surface area contributed by atoms with Gasteiger partial charge in [-0.1, -0.05) is 12.0 Å². The second kappa shape index (κ2) is 3.54. The summed E-state index contributed by atoms with van der Waals surface area (Å²) in [5.41, 5.74) is 1.06. The van der Waals surface area contributed by atoms with Crippen molar-refractivity contribution in [1.82, 2.24) is 4.98 Å². The smallest absolute Gasteiger partial charge is 0.110 e. The molecule has 0 fully saturated rings. The van der Waals surface area contributed by atoms with Crippen LogP contribution in [0.15, 0.2) is 22.9 Å². The fourth-order valence-electron chi connectivity index (χ4n) is 0.811. The average Bonchev–Trinajstić information content (AvgIpc) is 2.04. The number of pyridine rings is 1. The topological polar surface area (TPSA) is 12.9 Å². The van der Waals surface area contributed by atoms with Crippen molar-refractivity contribution in [2.75, 3.05) is 0 Å². The van der Waals surface area contributed by atoms with Gasteiger partial charge in [0.25, 0.3) is 0 Å². The molecule has 0 amide bonds. The lowest BCUT2D eigenvalue weighted by Crippen LogP contribution is -1.91. The summed E-state index contributed by atoms with van der Waals surface area (Å²) in [6.07, 6.45) is 7.01. The molecule has 0 spiro atoms. The normalized spacial score (nSPS) is 12.1. The summed E-state index contributed by atoms with van der Waals surface area (Å²) >= 11 is 3.33. The van der Waals surface area contributed by atoms with Gasteiger partial charge in [0.2, 0.25) is 0 Å². The van der Waals surface area contributed by atoms with Gasteiger partial charge in [0.05, 0.1) is 0 Å². The van der Waals surface area contributed by atoms with E-state index in [0.29, 0.717) is 0 Å². The van der Waals surface area contributed by atoms with Crippen LogP contribution in [-0.4, -0.2) is 4.98 Å². The number of aromatic nitrogens is 1. The summed E-state index contributed by atoms with van der Waals surface area (Å²) in [5, 5.41) is 0. The van der Waals surface area contributed by atoms with Gasteiger partial charge in [-0.15, -0.1) is 6.42 Å². The highest BCUT2D eigenvalue weighted by Gasteiger charge is 2.05. The maximum Gasteiger partial charge on any atom is 0.110 e. The molecule has 1 atom stereocenters. The molecule has 0 aromatic carbocycles. The highest BCUT2D eigenvalue weighted by Crippen LogP contribution is 2.21. The lowest BCUT2D eigenvalue weighted by Gasteiger charge is -2.04. The first kappa shape index (κ1) is 8.29. The van der Waals surface area contributed by atoms with E-state index in [-0.39, 0.29) is 5.92 Å². The van der Waals surface area contributed by atoms with Crippen LogP contribution in [0.4, 0.5) is 0 Å². The van der Waals surface area contributed by atoms with Gasteiger partial charge in [0, 0.05) is 12.1 Å². The second-order valence-electron chi connectivity index (χ2n) is 2.27. The molecular weight excluding hydrogens is 202 g/mol. The molecule has 1 heterocycles. The van der Waals surface area contributed by atoms with Gasteiger partial charge in [-0.25, -0.2) is 4.98 Å². The molecule has 1 rings (SSSR count). The van der Waals surface area contributed by atoms with Crippen molar-refractivity contribution in [1.29, 1.82) is 0 Å². The molecule has 1 nitrogen and oxygen atoms in total.